The molecule has 1 unspecified atom stereocenters. The van der Waals surface area contributed by atoms with E-state index in [0.717, 1.165) is 0 Å². The van der Waals surface area contributed by atoms with Crippen molar-refractivity contribution in [2.45, 2.75) is 19.9 Å². The molecule has 0 aliphatic carbocycles. The Kier molecular flexibility index (Phi) is 5.15. The number of hydrogen-bond acceptors (Lipinski definition) is 3. The predicted octanol–water partition coefficient (Wildman–Crippen LogP) is 1.95. The number of halogens is 1. The molecular weight excluding hydrogens is 298 g/mol. The summed E-state index contributed by atoms with van der Waals surface area (Å²) in [7, 11) is 0. The molecule has 0 aliphatic heterocycles. The summed E-state index contributed by atoms with van der Waals surface area (Å²) in [5.74, 6) is -0.259. The second kappa shape index (κ2) is 6.39. The Bertz CT molecular complexity index is 460. The summed E-state index contributed by atoms with van der Waals surface area (Å²) in [6.45, 7) is 3.76. The second-order valence-corrected chi connectivity index (χ2v) is 5.05. The van der Waals surface area contributed by atoms with Gasteiger partial charge < -0.3 is 16.3 Å². The fraction of sp³-hybridized carbons (Fsp3) is 0.333. The van der Waals surface area contributed by atoms with Crippen LogP contribution in [-0.4, -0.2) is 23.0 Å². The molecule has 5 nitrogen and oxygen atoms in total. The Morgan fingerprint density at radius 1 is 1.44 bits per heavy atom. The largest absolute Gasteiger partial charge is 0.409 e. The lowest BCUT2D eigenvalue weighted by Crippen LogP contribution is -2.47. The third-order valence-corrected chi connectivity index (χ3v) is 3.20. The molecule has 1 amide bonds. The summed E-state index contributed by atoms with van der Waals surface area (Å²) >= 11 is 3.31. The first-order valence-corrected chi connectivity index (χ1v) is 6.29. The van der Waals surface area contributed by atoms with Gasteiger partial charge >= 0.3 is 0 Å². The minimum atomic E-state index is -0.505. The van der Waals surface area contributed by atoms with E-state index < -0.39 is 6.04 Å². The van der Waals surface area contributed by atoms with E-state index in [0.29, 0.717) is 10.0 Å². The molecule has 1 aromatic rings. The van der Waals surface area contributed by atoms with E-state index in [1.54, 1.807) is 18.2 Å². The monoisotopic (exact) mass is 313 g/mol. The molecular formula is C12H16BrN3O2. The molecule has 0 spiro atoms. The molecule has 98 valence electrons. The number of nitrogens with two attached hydrogens (primary N) is 1. The lowest BCUT2D eigenvalue weighted by Gasteiger charge is -2.21. The smallest absolute Gasteiger partial charge is 0.253 e. The molecule has 0 saturated carbocycles. The van der Waals surface area contributed by atoms with Crippen molar-refractivity contribution in [2.75, 3.05) is 0 Å². The normalized spacial score (nSPS) is 13.4. The maximum Gasteiger partial charge on any atom is 0.253 e. The van der Waals surface area contributed by atoms with Gasteiger partial charge in [0.25, 0.3) is 5.91 Å². The van der Waals surface area contributed by atoms with E-state index in [1.165, 1.54) is 0 Å². The van der Waals surface area contributed by atoms with E-state index in [9.17, 15) is 4.79 Å². The van der Waals surface area contributed by atoms with Crippen LogP contribution in [0.15, 0.2) is 33.9 Å². The first-order chi connectivity index (χ1) is 8.47. The van der Waals surface area contributed by atoms with Gasteiger partial charge in [0.05, 0.1) is 11.6 Å². The highest BCUT2D eigenvalue weighted by Crippen LogP contribution is 2.16. The van der Waals surface area contributed by atoms with Gasteiger partial charge in [-0.15, -0.1) is 0 Å². The number of benzene rings is 1. The van der Waals surface area contributed by atoms with Crippen LogP contribution >= 0.6 is 15.9 Å². The third kappa shape index (κ3) is 3.46. The summed E-state index contributed by atoms with van der Waals surface area (Å²) in [6, 6.07) is 6.57. The van der Waals surface area contributed by atoms with E-state index in [-0.39, 0.29) is 17.7 Å². The molecule has 1 rings (SSSR count). The van der Waals surface area contributed by atoms with Gasteiger partial charge in [-0.2, -0.15) is 0 Å². The number of amides is 1. The fourth-order valence-corrected chi connectivity index (χ4v) is 1.97. The first-order valence-electron chi connectivity index (χ1n) is 5.50. The van der Waals surface area contributed by atoms with Crippen molar-refractivity contribution in [3.63, 3.8) is 0 Å². The Labute approximate surface area is 114 Å². The Morgan fingerprint density at radius 3 is 2.56 bits per heavy atom. The highest BCUT2D eigenvalue weighted by molar-refractivity contribution is 9.10. The summed E-state index contributed by atoms with van der Waals surface area (Å²) in [5, 5.41) is 14.4. The fourth-order valence-electron chi connectivity index (χ4n) is 1.51. The van der Waals surface area contributed by atoms with Crippen molar-refractivity contribution in [3.8, 4) is 0 Å². The van der Waals surface area contributed by atoms with E-state index in [2.05, 4.69) is 26.4 Å². The highest BCUT2D eigenvalue weighted by Gasteiger charge is 2.22. The van der Waals surface area contributed by atoms with Crippen LogP contribution in [0.1, 0.15) is 24.2 Å². The van der Waals surface area contributed by atoms with Crippen LogP contribution in [-0.2, 0) is 0 Å². The van der Waals surface area contributed by atoms with Crippen LogP contribution in [0.4, 0.5) is 0 Å². The van der Waals surface area contributed by atoms with Crippen LogP contribution in [0.5, 0.6) is 0 Å². The minimum Gasteiger partial charge on any atom is -0.409 e. The predicted molar refractivity (Wildman–Crippen MR) is 73.6 cm³/mol. The molecule has 0 saturated heterocycles. The lowest BCUT2D eigenvalue weighted by molar-refractivity contribution is 0.0938. The number of carbonyl (C=O) groups excluding carboxylic acids is 1. The van der Waals surface area contributed by atoms with E-state index in [1.807, 2.05) is 19.9 Å². The van der Waals surface area contributed by atoms with E-state index >= 15 is 0 Å². The summed E-state index contributed by atoms with van der Waals surface area (Å²) in [4.78, 5) is 12.1. The summed E-state index contributed by atoms with van der Waals surface area (Å²) < 4.78 is 0.699. The SMILES string of the molecule is CC(C)C(NC(=O)c1ccccc1Br)C(N)=NO. The molecule has 0 aliphatic rings. The molecule has 4 N–H and O–H groups in total. The van der Waals surface area contributed by atoms with Gasteiger partial charge in [-0.3, -0.25) is 4.79 Å². The van der Waals surface area contributed by atoms with Gasteiger partial charge in [0, 0.05) is 4.47 Å². The van der Waals surface area contributed by atoms with Crippen molar-refractivity contribution >= 4 is 27.7 Å². The van der Waals surface area contributed by atoms with Crippen LogP contribution in [0.25, 0.3) is 0 Å². The van der Waals surface area contributed by atoms with Gasteiger partial charge in [-0.05, 0) is 34.0 Å². The average molecular weight is 314 g/mol. The van der Waals surface area contributed by atoms with Gasteiger partial charge in [-0.1, -0.05) is 31.1 Å². The Balaban J connectivity index is 2.89. The number of rotatable bonds is 4. The van der Waals surface area contributed by atoms with Gasteiger partial charge in [0.2, 0.25) is 0 Å². The molecule has 6 heteroatoms. The number of hydrogen-bond donors (Lipinski definition) is 3. The van der Waals surface area contributed by atoms with Gasteiger partial charge in [0.1, 0.15) is 0 Å². The Hall–Kier alpha value is -1.56. The zero-order valence-corrected chi connectivity index (χ0v) is 11.8. The van der Waals surface area contributed by atoms with Crippen molar-refractivity contribution in [2.24, 2.45) is 16.8 Å². The minimum absolute atomic E-state index is 0.00889. The highest BCUT2D eigenvalue weighted by atomic mass is 79.9. The van der Waals surface area contributed by atoms with Crippen molar-refractivity contribution < 1.29 is 10.0 Å². The number of nitrogens with zero attached hydrogens (tertiary/aromatic N) is 1. The van der Waals surface area contributed by atoms with Crippen LogP contribution in [0.3, 0.4) is 0 Å². The Morgan fingerprint density at radius 2 is 2.06 bits per heavy atom. The van der Waals surface area contributed by atoms with Crippen LogP contribution in [0, 0.1) is 5.92 Å². The zero-order chi connectivity index (χ0) is 13.7. The summed E-state index contributed by atoms with van der Waals surface area (Å²) in [5.41, 5.74) is 6.06. The zero-order valence-electron chi connectivity index (χ0n) is 10.2. The molecule has 0 fully saturated rings. The van der Waals surface area contributed by atoms with Crippen molar-refractivity contribution in [1.29, 1.82) is 0 Å². The number of oxime groups is 1. The standard InChI is InChI=1S/C12H16BrN3O2/c1-7(2)10(11(14)16-18)15-12(17)8-5-3-4-6-9(8)13/h3-7,10,18H,1-2H3,(H2,14,16)(H,15,17). The number of amidine groups is 1. The molecule has 0 radical (unpaired) electrons. The van der Waals surface area contributed by atoms with Gasteiger partial charge in [0.15, 0.2) is 5.84 Å². The maximum atomic E-state index is 12.1. The molecule has 1 atom stereocenters. The van der Waals surface area contributed by atoms with Crippen molar-refractivity contribution in [3.05, 3.63) is 34.3 Å². The van der Waals surface area contributed by atoms with E-state index in [4.69, 9.17) is 10.9 Å². The maximum absolute atomic E-state index is 12.1. The first kappa shape index (κ1) is 14.5. The third-order valence-electron chi connectivity index (χ3n) is 2.51. The van der Waals surface area contributed by atoms with Crippen LogP contribution in [0.2, 0.25) is 0 Å². The second-order valence-electron chi connectivity index (χ2n) is 4.20. The quantitative estimate of drug-likeness (QED) is 0.343. The average Bonchev–Trinajstić information content (AvgIpc) is 2.35. The number of nitrogens with one attached hydrogen (secondary N) is 1. The van der Waals surface area contributed by atoms with Gasteiger partial charge in [-0.25, -0.2) is 0 Å². The summed E-state index contributed by atoms with van der Waals surface area (Å²) in [6.07, 6.45) is 0. The molecule has 1 aromatic carbocycles. The topological polar surface area (TPSA) is 87.7 Å². The molecule has 0 heterocycles. The number of carbonyl (C=O) groups is 1. The van der Waals surface area contributed by atoms with Crippen LogP contribution < -0.4 is 11.1 Å². The lowest BCUT2D eigenvalue weighted by atomic mass is 10.0. The van der Waals surface area contributed by atoms with Crippen molar-refractivity contribution in [1.82, 2.24) is 5.32 Å². The molecule has 0 aromatic heterocycles. The molecule has 18 heavy (non-hydrogen) atoms. The molecule has 0 bridgehead atoms.